The number of hydrogen-bond donors (Lipinski definition) is 1. The van der Waals surface area contributed by atoms with Gasteiger partial charge in [-0.1, -0.05) is 22.9 Å². The summed E-state index contributed by atoms with van der Waals surface area (Å²) in [5.74, 6) is 0. The molecule has 3 rings (SSSR count). The summed E-state index contributed by atoms with van der Waals surface area (Å²) >= 11 is 7.46. The lowest BCUT2D eigenvalue weighted by Gasteiger charge is -2.25. The highest BCUT2D eigenvalue weighted by atomic mass is 35.5. The Hall–Kier alpha value is -1.33. The summed E-state index contributed by atoms with van der Waals surface area (Å²) in [5, 5.41) is 14.3. The van der Waals surface area contributed by atoms with Crippen molar-refractivity contribution in [2.24, 2.45) is 0 Å². The molecule has 2 heterocycles. The number of nitrogens with one attached hydrogen (secondary N) is 1. The van der Waals surface area contributed by atoms with Gasteiger partial charge in [0.25, 0.3) is 0 Å². The second-order valence-corrected chi connectivity index (χ2v) is 5.96. The lowest BCUT2D eigenvalue weighted by Crippen LogP contribution is -2.29. The maximum Gasteiger partial charge on any atom is 0.211 e. The van der Waals surface area contributed by atoms with Crippen LogP contribution in [0.4, 0.5) is 16.0 Å². The molecule has 0 saturated carbocycles. The summed E-state index contributed by atoms with van der Waals surface area (Å²) in [6, 6.07) is 7.58. The molecule has 100 valence electrons. The first-order chi connectivity index (χ1) is 9.31. The van der Waals surface area contributed by atoms with E-state index in [4.69, 9.17) is 11.6 Å². The Kier molecular flexibility index (Phi) is 3.84. The Morgan fingerprint density at radius 1 is 1.05 bits per heavy atom. The summed E-state index contributed by atoms with van der Waals surface area (Å²) < 4.78 is 0. The first kappa shape index (κ1) is 12.7. The summed E-state index contributed by atoms with van der Waals surface area (Å²) in [5.41, 5.74) is 0.978. The molecule has 0 radical (unpaired) electrons. The molecule has 0 aliphatic carbocycles. The quantitative estimate of drug-likeness (QED) is 0.931. The molecule has 1 N–H and O–H groups in total. The largest absolute Gasteiger partial charge is 0.347 e. The minimum Gasteiger partial charge on any atom is -0.347 e. The molecule has 0 unspecified atom stereocenters. The van der Waals surface area contributed by atoms with Gasteiger partial charge in [0.2, 0.25) is 10.3 Å². The van der Waals surface area contributed by atoms with Crippen LogP contribution < -0.4 is 10.2 Å². The van der Waals surface area contributed by atoms with Gasteiger partial charge in [-0.3, -0.25) is 0 Å². The van der Waals surface area contributed by atoms with Gasteiger partial charge < -0.3 is 10.2 Å². The van der Waals surface area contributed by atoms with Crippen molar-refractivity contribution in [1.29, 1.82) is 0 Å². The molecule has 1 aromatic heterocycles. The molecule has 19 heavy (non-hydrogen) atoms. The van der Waals surface area contributed by atoms with Crippen LogP contribution in [0.3, 0.4) is 0 Å². The van der Waals surface area contributed by atoms with Crippen molar-refractivity contribution >= 4 is 38.9 Å². The molecule has 6 heteroatoms. The van der Waals surface area contributed by atoms with Crippen LogP contribution in [0.25, 0.3) is 0 Å². The number of benzene rings is 1. The van der Waals surface area contributed by atoms with Crippen molar-refractivity contribution in [2.75, 3.05) is 23.3 Å². The van der Waals surface area contributed by atoms with Gasteiger partial charge in [-0.25, -0.2) is 0 Å². The summed E-state index contributed by atoms with van der Waals surface area (Å²) in [6.45, 7) is 2.19. The maximum atomic E-state index is 5.86. The first-order valence-corrected chi connectivity index (χ1v) is 7.62. The smallest absolute Gasteiger partial charge is 0.211 e. The van der Waals surface area contributed by atoms with E-state index in [9.17, 15) is 0 Å². The third kappa shape index (κ3) is 3.16. The van der Waals surface area contributed by atoms with Crippen LogP contribution in [0.2, 0.25) is 5.02 Å². The number of piperidine rings is 1. The van der Waals surface area contributed by atoms with E-state index in [0.717, 1.165) is 34.1 Å². The number of halogens is 1. The molecular weight excluding hydrogens is 280 g/mol. The Morgan fingerprint density at radius 3 is 2.53 bits per heavy atom. The van der Waals surface area contributed by atoms with Crippen LogP contribution in [0, 0.1) is 0 Å². The van der Waals surface area contributed by atoms with Crippen LogP contribution >= 0.6 is 22.9 Å². The average Bonchev–Trinajstić information content (AvgIpc) is 2.91. The normalized spacial score (nSPS) is 15.5. The Balaban J connectivity index is 1.68. The van der Waals surface area contributed by atoms with Gasteiger partial charge in [-0.05, 0) is 43.5 Å². The van der Waals surface area contributed by atoms with E-state index in [1.807, 2.05) is 24.3 Å². The van der Waals surface area contributed by atoms with E-state index < -0.39 is 0 Å². The molecule has 4 nitrogen and oxygen atoms in total. The van der Waals surface area contributed by atoms with E-state index in [0.29, 0.717) is 0 Å². The van der Waals surface area contributed by atoms with Crippen LogP contribution in [-0.2, 0) is 0 Å². The number of nitrogens with zero attached hydrogens (tertiary/aromatic N) is 3. The third-order valence-electron chi connectivity index (χ3n) is 3.14. The van der Waals surface area contributed by atoms with E-state index in [1.165, 1.54) is 19.3 Å². The van der Waals surface area contributed by atoms with Gasteiger partial charge in [-0.2, -0.15) is 0 Å². The van der Waals surface area contributed by atoms with E-state index in [1.54, 1.807) is 11.3 Å². The minimum atomic E-state index is 0.733. The van der Waals surface area contributed by atoms with Gasteiger partial charge in [0, 0.05) is 23.8 Å². The van der Waals surface area contributed by atoms with Gasteiger partial charge in [0.05, 0.1) is 0 Å². The number of rotatable bonds is 3. The zero-order chi connectivity index (χ0) is 13.1. The fraction of sp³-hybridized carbons (Fsp3) is 0.385. The highest BCUT2D eigenvalue weighted by Gasteiger charge is 2.15. The second kappa shape index (κ2) is 5.75. The molecule has 0 bridgehead atoms. The minimum absolute atomic E-state index is 0.733. The van der Waals surface area contributed by atoms with Crippen LogP contribution in [0.5, 0.6) is 0 Å². The fourth-order valence-corrected chi connectivity index (χ4v) is 3.08. The third-order valence-corrected chi connectivity index (χ3v) is 4.29. The molecule has 1 aliphatic heterocycles. The van der Waals surface area contributed by atoms with Gasteiger partial charge in [-0.15, -0.1) is 10.2 Å². The molecule has 1 aliphatic rings. The monoisotopic (exact) mass is 294 g/mol. The van der Waals surface area contributed by atoms with Crippen molar-refractivity contribution in [3.05, 3.63) is 29.3 Å². The van der Waals surface area contributed by atoms with Crippen LogP contribution in [-0.4, -0.2) is 23.3 Å². The molecule has 1 aromatic carbocycles. The van der Waals surface area contributed by atoms with E-state index >= 15 is 0 Å². The van der Waals surface area contributed by atoms with Crippen molar-refractivity contribution in [2.45, 2.75) is 19.3 Å². The molecular formula is C13H15ClN4S. The highest BCUT2D eigenvalue weighted by Crippen LogP contribution is 2.28. The Morgan fingerprint density at radius 2 is 1.79 bits per heavy atom. The molecule has 2 aromatic rings. The van der Waals surface area contributed by atoms with Crippen LogP contribution in [0.15, 0.2) is 24.3 Å². The lowest BCUT2D eigenvalue weighted by molar-refractivity contribution is 0.575. The van der Waals surface area contributed by atoms with Crippen molar-refractivity contribution in [3.63, 3.8) is 0 Å². The standard InChI is InChI=1S/C13H15ClN4S/c14-10-4-6-11(7-5-10)15-12-16-17-13(19-12)18-8-2-1-3-9-18/h4-7H,1-3,8-9H2,(H,15,16). The molecule has 1 fully saturated rings. The molecule has 0 amide bonds. The maximum absolute atomic E-state index is 5.86. The van der Waals surface area contributed by atoms with Gasteiger partial charge in [0.15, 0.2) is 0 Å². The average molecular weight is 295 g/mol. The van der Waals surface area contributed by atoms with E-state index in [-0.39, 0.29) is 0 Å². The van der Waals surface area contributed by atoms with Crippen molar-refractivity contribution in [3.8, 4) is 0 Å². The number of aromatic nitrogens is 2. The van der Waals surface area contributed by atoms with Crippen molar-refractivity contribution < 1.29 is 0 Å². The Bertz CT molecular complexity index is 534. The summed E-state index contributed by atoms with van der Waals surface area (Å²) in [7, 11) is 0. The predicted octanol–water partition coefficient (Wildman–Crippen LogP) is 3.93. The van der Waals surface area contributed by atoms with Gasteiger partial charge >= 0.3 is 0 Å². The highest BCUT2D eigenvalue weighted by molar-refractivity contribution is 7.19. The molecule has 1 saturated heterocycles. The molecule has 0 spiro atoms. The zero-order valence-corrected chi connectivity index (χ0v) is 12.0. The fourth-order valence-electron chi connectivity index (χ4n) is 2.14. The van der Waals surface area contributed by atoms with Crippen molar-refractivity contribution in [1.82, 2.24) is 10.2 Å². The molecule has 0 atom stereocenters. The van der Waals surface area contributed by atoms with Gasteiger partial charge in [0.1, 0.15) is 0 Å². The SMILES string of the molecule is Clc1ccc(Nc2nnc(N3CCCCC3)s2)cc1. The first-order valence-electron chi connectivity index (χ1n) is 6.42. The summed E-state index contributed by atoms with van der Waals surface area (Å²) in [4.78, 5) is 2.31. The van der Waals surface area contributed by atoms with E-state index in [2.05, 4.69) is 20.4 Å². The lowest BCUT2D eigenvalue weighted by atomic mass is 10.1. The predicted molar refractivity (Wildman–Crippen MR) is 80.7 cm³/mol. The topological polar surface area (TPSA) is 41.1 Å². The number of hydrogen-bond acceptors (Lipinski definition) is 5. The Labute approximate surface area is 121 Å². The summed E-state index contributed by atoms with van der Waals surface area (Å²) in [6.07, 6.45) is 3.82. The van der Waals surface area contributed by atoms with Crippen LogP contribution in [0.1, 0.15) is 19.3 Å². The second-order valence-electron chi connectivity index (χ2n) is 4.57. The zero-order valence-electron chi connectivity index (χ0n) is 10.5. The number of anilines is 3.